The summed E-state index contributed by atoms with van der Waals surface area (Å²) in [6.07, 6.45) is -10.1. The topological polar surface area (TPSA) is 98.5 Å². The van der Waals surface area contributed by atoms with Crippen LogP contribution in [0.3, 0.4) is 0 Å². The van der Waals surface area contributed by atoms with Gasteiger partial charge in [-0.25, -0.2) is 13.6 Å². The van der Waals surface area contributed by atoms with E-state index in [0.717, 1.165) is 6.07 Å². The molecule has 13 heteroatoms. The molecule has 0 aliphatic carbocycles. The fourth-order valence-corrected chi connectivity index (χ4v) is 3.09. The van der Waals surface area contributed by atoms with Crippen molar-refractivity contribution in [2.75, 3.05) is 11.9 Å². The Morgan fingerprint density at radius 3 is 1.94 bits per heavy atom. The first kappa shape index (κ1) is 24.5. The van der Waals surface area contributed by atoms with E-state index in [2.05, 4.69) is 5.32 Å². The average Bonchev–Trinajstić information content (AvgIpc) is 2.61. The van der Waals surface area contributed by atoms with Crippen LogP contribution in [0.5, 0.6) is 5.75 Å². The van der Waals surface area contributed by atoms with E-state index in [4.69, 9.17) is 9.88 Å². The molecule has 0 radical (unpaired) electrons. The Kier molecular flexibility index (Phi) is 6.62. The van der Waals surface area contributed by atoms with Gasteiger partial charge < -0.3 is 10.1 Å². The van der Waals surface area contributed by atoms with E-state index in [-0.39, 0.29) is 16.6 Å². The summed E-state index contributed by atoms with van der Waals surface area (Å²) in [5.41, 5.74) is -2.21. The van der Waals surface area contributed by atoms with Crippen LogP contribution in [0.15, 0.2) is 35.2 Å². The van der Waals surface area contributed by atoms with Crippen molar-refractivity contribution in [3.05, 3.63) is 52.6 Å². The molecule has 1 amide bonds. The van der Waals surface area contributed by atoms with Crippen molar-refractivity contribution in [2.24, 2.45) is 5.14 Å². The predicted molar refractivity (Wildman–Crippen MR) is 97.9 cm³/mol. The molecule has 0 heterocycles. The number of aryl methyl sites for hydroxylation is 1. The van der Waals surface area contributed by atoms with Crippen LogP contribution in [-0.4, -0.2) is 20.9 Å². The number of nitrogens with two attached hydrogens (primary N) is 1. The van der Waals surface area contributed by atoms with Crippen LogP contribution in [0, 0.1) is 13.8 Å². The maximum Gasteiger partial charge on any atom is 0.416 e. The molecule has 2 aromatic carbocycles. The molecule has 3 N–H and O–H groups in total. The summed E-state index contributed by atoms with van der Waals surface area (Å²) in [6.45, 7) is 2.18. The van der Waals surface area contributed by atoms with Crippen molar-refractivity contribution in [2.45, 2.75) is 31.1 Å². The Labute approximate surface area is 173 Å². The first-order chi connectivity index (χ1) is 14.0. The highest BCUT2D eigenvalue weighted by Crippen LogP contribution is 2.38. The minimum absolute atomic E-state index is 0.0395. The van der Waals surface area contributed by atoms with Gasteiger partial charge in [-0.1, -0.05) is 0 Å². The number of primary sulfonamides is 1. The number of alkyl halides is 6. The molecule has 0 atom stereocenters. The van der Waals surface area contributed by atoms with Gasteiger partial charge in [0, 0.05) is 5.69 Å². The third-order valence-electron chi connectivity index (χ3n) is 4.17. The largest absolute Gasteiger partial charge is 0.484 e. The first-order valence-corrected chi connectivity index (χ1v) is 9.89. The molecule has 0 fully saturated rings. The zero-order chi connectivity index (χ0) is 23.8. The summed E-state index contributed by atoms with van der Waals surface area (Å²) in [6, 6.07) is 2.94. The maximum absolute atomic E-state index is 12.9. The van der Waals surface area contributed by atoms with Crippen LogP contribution in [0.1, 0.15) is 22.3 Å². The van der Waals surface area contributed by atoms with Crippen LogP contribution in [0.25, 0.3) is 0 Å². The highest BCUT2D eigenvalue weighted by molar-refractivity contribution is 7.89. The lowest BCUT2D eigenvalue weighted by molar-refractivity contribution is -0.143. The molecule has 0 bridgehead atoms. The SMILES string of the molecule is Cc1cc(S(N)(=O)=O)cc(NC(=O)COc2cc(C(F)(F)F)cc(C(F)(F)F)c2)c1C. The van der Waals surface area contributed by atoms with E-state index < -0.39 is 51.8 Å². The number of hydrogen-bond donors (Lipinski definition) is 2. The van der Waals surface area contributed by atoms with Gasteiger partial charge in [0.15, 0.2) is 6.61 Å². The van der Waals surface area contributed by atoms with Crippen LogP contribution in [0.4, 0.5) is 32.0 Å². The fourth-order valence-electron chi connectivity index (χ4n) is 2.47. The Morgan fingerprint density at radius 1 is 0.968 bits per heavy atom. The number of benzene rings is 2. The summed E-state index contributed by atoms with van der Waals surface area (Å²) < 4.78 is 105. The van der Waals surface area contributed by atoms with E-state index in [1.165, 1.54) is 6.07 Å². The number of halogens is 6. The molecule has 0 saturated heterocycles. The average molecular weight is 470 g/mol. The van der Waals surface area contributed by atoms with Gasteiger partial charge in [-0.2, -0.15) is 26.3 Å². The number of nitrogens with one attached hydrogen (secondary N) is 1. The molecule has 0 aliphatic rings. The number of carbonyl (C=O) groups excluding carboxylic acids is 1. The highest BCUT2D eigenvalue weighted by atomic mass is 32.2. The van der Waals surface area contributed by atoms with Crippen LogP contribution >= 0.6 is 0 Å². The van der Waals surface area contributed by atoms with Gasteiger partial charge >= 0.3 is 12.4 Å². The van der Waals surface area contributed by atoms with Crippen molar-refractivity contribution in [1.29, 1.82) is 0 Å². The van der Waals surface area contributed by atoms with Crippen LogP contribution < -0.4 is 15.2 Å². The predicted octanol–water partition coefficient (Wildman–Crippen LogP) is 4.01. The number of sulfonamides is 1. The van der Waals surface area contributed by atoms with Gasteiger partial charge in [-0.15, -0.1) is 0 Å². The molecule has 0 spiro atoms. The molecular formula is C18H16F6N2O4S. The summed E-state index contributed by atoms with van der Waals surface area (Å²) >= 11 is 0. The Bertz CT molecular complexity index is 1080. The summed E-state index contributed by atoms with van der Waals surface area (Å²) in [7, 11) is -4.09. The molecule has 0 aliphatic heterocycles. The summed E-state index contributed by atoms with van der Waals surface area (Å²) in [4.78, 5) is 11.8. The number of ether oxygens (including phenoxy) is 1. The lowest BCUT2D eigenvalue weighted by Crippen LogP contribution is -2.22. The Balaban J connectivity index is 2.25. The molecular weight excluding hydrogens is 454 g/mol. The van der Waals surface area contributed by atoms with E-state index in [9.17, 15) is 39.6 Å². The van der Waals surface area contributed by atoms with Gasteiger partial charge in [-0.05, 0) is 55.3 Å². The van der Waals surface area contributed by atoms with E-state index in [1.54, 1.807) is 13.8 Å². The highest BCUT2D eigenvalue weighted by Gasteiger charge is 2.37. The second-order valence-corrected chi connectivity index (χ2v) is 8.10. The van der Waals surface area contributed by atoms with Crippen molar-refractivity contribution >= 4 is 21.6 Å². The van der Waals surface area contributed by atoms with E-state index in [0.29, 0.717) is 23.3 Å². The Morgan fingerprint density at radius 2 is 1.48 bits per heavy atom. The molecule has 0 saturated carbocycles. The van der Waals surface area contributed by atoms with E-state index in [1.807, 2.05) is 0 Å². The maximum atomic E-state index is 12.9. The number of carbonyl (C=O) groups is 1. The monoisotopic (exact) mass is 470 g/mol. The van der Waals surface area contributed by atoms with Gasteiger partial charge in [0.1, 0.15) is 5.75 Å². The Hall–Kier alpha value is -2.80. The standard InChI is InChI=1S/C18H16F6N2O4S/c1-9-3-14(31(25,28)29)7-15(10(9)2)26-16(27)8-30-13-5-11(17(19,20)21)4-12(6-13)18(22,23)24/h3-7H,8H2,1-2H3,(H,26,27)(H2,25,28,29). The van der Waals surface area contributed by atoms with Gasteiger partial charge in [0.2, 0.25) is 10.0 Å². The summed E-state index contributed by atoms with van der Waals surface area (Å²) in [5, 5.41) is 7.35. The first-order valence-electron chi connectivity index (χ1n) is 8.34. The fraction of sp³-hybridized carbons (Fsp3) is 0.278. The minimum Gasteiger partial charge on any atom is -0.484 e. The zero-order valence-electron chi connectivity index (χ0n) is 16.0. The number of rotatable bonds is 5. The minimum atomic E-state index is -5.07. The zero-order valence-corrected chi connectivity index (χ0v) is 16.8. The van der Waals surface area contributed by atoms with E-state index >= 15 is 0 Å². The molecule has 2 rings (SSSR count). The molecule has 0 unspecified atom stereocenters. The van der Waals surface area contributed by atoms with Crippen molar-refractivity contribution in [3.63, 3.8) is 0 Å². The molecule has 170 valence electrons. The quantitative estimate of drug-likeness (QED) is 0.646. The van der Waals surface area contributed by atoms with Crippen molar-refractivity contribution in [3.8, 4) is 5.75 Å². The molecule has 0 aromatic heterocycles. The van der Waals surface area contributed by atoms with Crippen molar-refractivity contribution in [1.82, 2.24) is 0 Å². The third-order valence-corrected chi connectivity index (χ3v) is 5.07. The van der Waals surface area contributed by atoms with Crippen LogP contribution in [-0.2, 0) is 27.2 Å². The van der Waals surface area contributed by atoms with Gasteiger partial charge in [-0.3, -0.25) is 4.79 Å². The third kappa shape index (κ3) is 6.34. The second-order valence-electron chi connectivity index (χ2n) is 6.54. The molecule has 2 aromatic rings. The number of amides is 1. The lowest BCUT2D eigenvalue weighted by Gasteiger charge is -2.15. The smallest absolute Gasteiger partial charge is 0.416 e. The number of hydrogen-bond acceptors (Lipinski definition) is 4. The lowest BCUT2D eigenvalue weighted by atomic mass is 10.1. The van der Waals surface area contributed by atoms with Gasteiger partial charge in [0.05, 0.1) is 16.0 Å². The van der Waals surface area contributed by atoms with Crippen molar-refractivity contribution < 1.29 is 44.3 Å². The summed E-state index contributed by atoms with van der Waals surface area (Å²) in [5.74, 6) is -1.76. The normalized spacial score (nSPS) is 12.5. The van der Waals surface area contributed by atoms with Crippen LogP contribution in [0.2, 0.25) is 0 Å². The molecule has 6 nitrogen and oxygen atoms in total. The number of anilines is 1. The second kappa shape index (κ2) is 8.38. The van der Waals surface area contributed by atoms with Gasteiger partial charge in [0.25, 0.3) is 5.91 Å². The molecule has 31 heavy (non-hydrogen) atoms.